The van der Waals surface area contributed by atoms with Gasteiger partial charge in [-0.2, -0.15) is 0 Å². The van der Waals surface area contributed by atoms with Crippen LogP contribution in [0.3, 0.4) is 0 Å². The Balaban J connectivity index is 2.27. The Morgan fingerprint density at radius 2 is 1.86 bits per heavy atom. The highest BCUT2D eigenvalue weighted by molar-refractivity contribution is 7.14. The maximum absolute atomic E-state index is 11.6. The average molecular weight is 305 g/mol. The first-order chi connectivity index (χ1) is 10.0. The number of aromatic nitrogens is 1. The summed E-state index contributed by atoms with van der Waals surface area (Å²) >= 11 is 1.22. The monoisotopic (exact) mass is 305 g/mol. The predicted molar refractivity (Wildman–Crippen MR) is 79.3 cm³/mol. The van der Waals surface area contributed by atoms with Crippen molar-refractivity contribution < 1.29 is 19.1 Å². The van der Waals surface area contributed by atoms with Crippen molar-refractivity contribution in [2.45, 2.75) is 13.3 Å². The standard InChI is InChI=1S/C15H15NO4S/c1-9(17)14-13(15(18)20-3)16-12(21-14)8-10-4-6-11(19-2)7-5-10/h4-7H,8H2,1-3H3. The van der Waals surface area contributed by atoms with Gasteiger partial charge in [-0.05, 0) is 17.7 Å². The van der Waals surface area contributed by atoms with Crippen LogP contribution in [0.1, 0.15) is 37.7 Å². The molecule has 2 aromatic rings. The van der Waals surface area contributed by atoms with Gasteiger partial charge in [0.25, 0.3) is 0 Å². The highest BCUT2D eigenvalue weighted by Gasteiger charge is 2.21. The third-order valence-electron chi connectivity index (χ3n) is 2.88. The molecule has 0 fully saturated rings. The number of carbonyl (C=O) groups excluding carboxylic acids is 2. The highest BCUT2D eigenvalue weighted by atomic mass is 32.1. The number of carbonyl (C=O) groups is 2. The van der Waals surface area contributed by atoms with E-state index in [1.807, 2.05) is 24.3 Å². The first kappa shape index (κ1) is 15.2. The lowest BCUT2D eigenvalue weighted by Crippen LogP contribution is -2.07. The zero-order chi connectivity index (χ0) is 15.4. The molecule has 1 aromatic carbocycles. The van der Waals surface area contributed by atoms with Crippen molar-refractivity contribution in [2.75, 3.05) is 14.2 Å². The molecule has 1 heterocycles. The van der Waals surface area contributed by atoms with Crippen LogP contribution < -0.4 is 4.74 Å². The van der Waals surface area contributed by atoms with E-state index in [0.717, 1.165) is 11.3 Å². The SMILES string of the molecule is COC(=O)c1nc(Cc2ccc(OC)cc2)sc1C(C)=O. The Morgan fingerprint density at radius 3 is 2.38 bits per heavy atom. The molecule has 0 aliphatic carbocycles. The van der Waals surface area contributed by atoms with Gasteiger partial charge in [0.05, 0.1) is 19.2 Å². The summed E-state index contributed by atoms with van der Waals surface area (Å²) in [5.41, 5.74) is 1.12. The first-order valence-electron chi connectivity index (χ1n) is 6.27. The lowest BCUT2D eigenvalue weighted by molar-refractivity contribution is 0.0591. The van der Waals surface area contributed by atoms with Crippen LogP contribution >= 0.6 is 11.3 Å². The van der Waals surface area contributed by atoms with E-state index < -0.39 is 5.97 Å². The molecule has 6 heteroatoms. The topological polar surface area (TPSA) is 65.5 Å². The van der Waals surface area contributed by atoms with Gasteiger partial charge in [-0.15, -0.1) is 11.3 Å². The molecule has 5 nitrogen and oxygen atoms in total. The molecule has 21 heavy (non-hydrogen) atoms. The van der Waals surface area contributed by atoms with Gasteiger partial charge in [0, 0.05) is 13.3 Å². The summed E-state index contributed by atoms with van der Waals surface area (Å²) < 4.78 is 9.76. The average Bonchev–Trinajstić information content (AvgIpc) is 2.91. The molecule has 0 unspecified atom stereocenters. The molecule has 110 valence electrons. The van der Waals surface area contributed by atoms with Crippen LogP contribution in [0.2, 0.25) is 0 Å². The number of methoxy groups -OCH3 is 2. The zero-order valence-corrected chi connectivity index (χ0v) is 12.8. The Bertz CT molecular complexity index is 661. The minimum atomic E-state index is -0.586. The maximum atomic E-state index is 11.6. The number of hydrogen-bond acceptors (Lipinski definition) is 6. The Hall–Kier alpha value is -2.21. The Morgan fingerprint density at radius 1 is 1.19 bits per heavy atom. The molecule has 0 radical (unpaired) electrons. The van der Waals surface area contributed by atoms with E-state index in [2.05, 4.69) is 9.72 Å². The van der Waals surface area contributed by atoms with Crippen molar-refractivity contribution in [3.63, 3.8) is 0 Å². The van der Waals surface area contributed by atoms with Crippen molar-refractivity contribution in [2.24, 2.45) is 0 Å². The fraction of sp³-hybridized carbons (Fsp3) is 0.267. The molecule has 0 aliphatic heterocycles. The lowest BCUT2D eigenvalue weighted by Gasteiger charge is -2.01. The molecule has 0 saturated heterocycles. The summed E-state index contributed by atoms with van der Waals surface area (Å²) in [4.78, 5) is 27.8. The van der Waals surface area contributed by atoms with Gasteiger partial charge < -0.3 is 9.47 Å². The number of ketones is 1. The third kappa shape index (κ3) is 3.46. The number of esters is 1. The zero-order valence-electron chi connectivity index (χ0n) is 12.0. The molecule has 0 saturated carbocycles. The van der Waals surface area contributed by atoms with Crippen LogP contribution in [-0.4, -0.2) is 31.0 Å². The Kier molecular flexibility index (Phi) is 4.70. The van der Waals surface area contributed by atoms with Crippen molar-refractivity contribution >= 4 is 23.1 Å². The van der Waals surface area contributed by atoms with Gasteiger partial charge in [0.1, 0.15) is 10.6 Å². The smallest absolute Gasteiger partial charge is 0.358 e. The largest absolute Gasteiger partial charge is 0.497 e. The second-order valence-corrected chi connectivity index (χ2v) is 5.44. The summed E-state index contributed by atoms with van der Waals surface area (Å²) in [6, 6.07) is 7.56. The quantitative estimate of drug-likeness (QED) is 0.627. The van der Waals surface area contributed by atoms with E-state index in [0.29, 0.717) is 16.3 Å². The van der Waals surface area contributed by atoms with Crippen LogP contribution in [0, 0.1) is 0 Å². The third-order valence-corrected chi connectivity index (χ3v) is 4.04. The summed E-state index contributed by atoms with van der Waals surface area (Å²) in [5.74, 6) is 0.00359. The number of ether oxygens (including phenoxy) is 2. The molecule has 0 bridgehead atoms. The summed E-state index contributed by atoms with van der Waals surface area (Å²) in [6.07, 6.45) is 0.548. The fourth-order valence-corrected chi connectivity index (χ4v) is 2.81. The van der Waals surface area contributed by atoms with Crippen LogP contribution in [0.15, 0.2) is 24.3 Å². The number of hydrogen-bond donors (Lipinski definition) is 0. The van der Waals surface area contributed by atoms with Crippen molar-refractivity contribution in [3.05, 3.63) is 45.4 Å². The summed E-state index contributed by atoms with van der Waals surface area (Å²) in [5, 5.41) is 0.700. The van der Waals surface area contributed by atoms with Gasteiger partial charge in [0.15, 0.2) is 11.5 Å². The molecule has 0 atom stereocenters. The summed E-state index contributed by atoms with van der Waals surface area (Å²) in [6.45, 7) is 1.41. The predicted octanol–water partition coefficient (Wildman–Crippen LogP) is 2.73. The van der Waals surface area contributed by atoms with Crippen LogP contribution in [0.4, 0.5) is 0 Å². The molecular weight excluding hydrogens is 290 g/mol. The van der Waals surface area contributed by atoms with Crippen molar-refractivity contribution in [1.82, 2.24) is 4.98 Å². The molecule has 0 spiro atoms. The first-order valence-corrected chi connectivity index (χ1v) is 7.08. The normalized spacial score (nSPS) is 10.2. The van der Waals surface area contributed by atoms with E-state index in [-0.39, 0.29) is 11.5 Å². The van der Waals surface area contributed by atoms with Crippen LogP contribution in [-0.2, 0) is 11.2 Å². The van der Waals surface area contributed by atoms with E-state index in [4.69, 9.17) is 4.74 Å². The molecule has 1 aromatic heterocycles. The second-order valence-electron chi connectivity index (χ2n) is 4.36. The number of rotatable bonds is 5. The molecule has 2 rings (SSSR count). The van der Waals surface area contributed by atoms with Crippen molar-refractivity contribution in [1.29, 1.82) is 0 Å². The number of Topliss-reactive ketones (excluding diaryl/α,β-unsaturated/α-hetero) is 1. The van der Waals surface area contributed by atoms with Crippen LogP contribution in [0.5, 0.6) is 5.75 Å². The van der Waals surface area contributed by atoms with E-state index in [9.17, 15) is 9.59 Å². The molecule has 0 amide bonds. The number of benzene rings is 1. The van der Waals surface area contributed by atoms with Crippen LogP contribution in [0.25, 0.3) is 0 Å². The van der Waals surface area contributed by atoms with Gasteiger partial charge in [0.2, 0.25) is 0 Å². The maximum Gasteiger partial charge on any atom is 0.358 e. The lowest BCUT2D eigenvalue weighted by atomic mass is 10.1. The van der Waals surface area contributed by atoms with Gasteiger partial charge >= 0.3 is 5.97 Å². The van der Waals surface area contributed by atoms with E-state index in [1.165, 1.54) is 25.4 Å². The van der Waals surface area contributed by atoms with Gasteiger partial charge in [-0.1, -0.05) is 12.1 Å². The van der Waals surface area contributed by atoms with Gasteiger partial charge in [-0.25, -0.2) is 9.78 Å². The summed E-state index contributed by atoms with van der Waals surface area (Å²) in [7, 11) is 2.88. The fourth-order valence-electron chi connectivity index (χ4n) is 1.83. The van der Waals surface area contributed by atoms with E-state index in [1.54, 1.807) is 7.11 Å². The number of nitrogens with zero attached hydrogens (tertiary/aromatic N) is 1. The highest BCUT2D eigenvalue weighted by Crippen LogP contribution is 2.23. The second kappa shape index (κ2) is 6.49. The molecule has 0 N–H and O–H groups in total. The van der Waals surface area contributed by atoms with Gasteiger partial charge in [-0.3, -0.25) is 4.79 Å². The Labute approximate surface area is 126 Å². The number of thiazole rings is 1. The minimum absolute atomic E-state index is 0.0958. The minimum Gasteiger partial charge on any atom is -0.497 e. The molecule has 0 aliphatic rings. The molecular formula is C15H15NO4S. The van der Waals surface area contributed by atoms with E-state index >= 15 is 0 Å². The van der Waals surface area contributed by atoms with Crippen molar-refractivity contribution in [3.8, 4) is 5.75 Å².